The molecule has 4 heteroatoms. The molecule has 2 N–H and O–H groups in total. The van der Waals surface area contributed by atoms with Crippen LogP contribution in [0.2, 0.25) is 0 Å². The third-order valence-electron chi connectivity index (χ3n) is 4.47. The van der Waals surface area contributed by atoms with Gasteiger partial charge in [0.25, 0.3) is 0 Å². The molecule has 0 spiro atoms. The summed E-state index contributed by atoms with van der Waals surface area (Å²) < 4.78 is 0. The predicted octanol–water partition coefficient (Wildman–Crippen LogP) is 5.11. The fourth-order valence-electron chi connectivity index (χ4n) is 3.13. The van der Waals surface area contributed by atoms with Crippen molar-refractivity contribution in [1.82, 2.24) is 0 Å². The Morgan fingerprint density at radius 1 is 0.955 bits per heavy atom. The number of rotatable bonds is 9. The molecule has 130 valence electrons. The summed E-state index contributed by atoms with van der Waals surface area (Å²) in [7, 11) is 0. The van der Waals surface area contributed by atoms with Gasteiger partial charge in [-0.25, -0.2) is 0 Å². The van der Waals surface area contributed by atoms with E-state index in [-0.39, 0.29) is 5.92 Å². The third-order valence-corrected chi connectivity index (χ3v) is 4.47. The van der Waals surface area contributed by atoms with Crippen molar-refractivity contribution >= 4 is 11.9 Å². The zero-order chi connectivity index (χ0) is 16.8. The molecule has 0 aromatic carbocycles. The second-order valence-electron chi connectivity index (χ2n) is 6.31. The van der Waals surface area contributed by atoms with Gasteiger partial charge in [-0.15, -0.1) is 0 Å². The standard InChI is InChI=1S/C10H18O2.C8H16O2/c1-2-9(10(11)12)8-6-4-3-5-7-8;1-2-3-4-5-6-7-8(9)10/h8-9H,2-7H2,1H3,(H,11,12);2-7H2,1H3,(H,9,10). The second-order valence-corrected chi connectivity index (χ2v) is 6.31. The Hall–Kier alpha value is -1.06. The van der Waals surface area contributed by atoms with Gasteiger partial charge < -0.3 is 10.2 Å². The van der Waals surface area contributed by atoms with Crippen LogP contribution in [-0.4, -0.2) is 22.2 Å². The van der Waals surface area contributed by atoms with Crippen LogP contribution in [0.25, 0.3) is 0 Å². The third kappa shape index (κ3) is 10.6. The smallest absolute Gasteiger partial charge is 0.306 e. The molecule has 1 fully saturated rings. The van der Waals surface area contributed by atoms with Crippen molar-refractivity contribution in [3.63, 3.8) is 0 Å². The molecule has 1 rings (SSSR count). The first-order valence-electron chi connectivity index (χ1n) is 8.97. The summed E-state index contributed by atoms with van der Waals surface area (Å²) in [6.45, 7) is 4.13. The minimum Gasteiger partial charge on any atom is -0.481 e. The molecule has 1 atom stereocenters. The molecule has 0 bridgehead atoms. The number of hydrogen-bond acceptors (Lipinski definition) is 2. The molecule has 0 saturated heterocycles. The van der Waals surface area contributed by atoms with Crippen LogP contribution in [0.4, 0.5) is 0 Å². The van der Waals surface area contributed by atoms with Crippen molar-refractivity contribution < 1.29 is 19.8 Å². The second kappa shape index (κ2) is 13.6. The lowest BCUT2D eigenvalue weighted by Crippen LogP contribution is -2.24. The van der Waals surface area contributed by atoms with Crippen molar-refractivity contribution in [2.24, 2.45) is 11.8 Å². The molecule has 22 heavy (non-hydrogen) atoms. The molecule has 1 saturated carbocycles. The Kier molecular flexibility index (Phi) is 12.9. The first-order chi connectivity index (χ1) is 10.5. The molecule has 4 nitrogen and oxygen atoms in total. The average Bonchev–Trinajstić information content (AvgIpc) is 2.49. The molecule has 0 aromatic rings. The van der Waals surface area contributed by atoms with E-state index in [1.165, 1.54) is 38.5 Å². The normalized spacial score (nSPS) is 16.5. The summed E-state index contributed by atoms with van der Waals surface area (Å²) >= 11 is 0. The maximum atomic E-state index is 10.8. The van der Waals surface area contributed by atoms with E-state index in [1.54, 1.807) is 0 Å². The van der Waals surface area contributed by atoms with Gasteiger partial charge in [-0.2, -0.15) is 0 Å². The first-order valence-corrected chi connectivity index (χ1v) is 8.97. The van der Waals surface area contributed by atoms with Gasteiger partial charge in [-0.1, -0.05) is 58.8 Å². The van der Waals surface area contributed by atoms with Gasteiger partial charge in [-0.05, 0) is 31.6 Å². The zero-order valence-electron chi connectivity index (χ0n) is 14.4. The van der Waals surface area contributed by atoms with Gasteiger partial charge in [0.15, 0.2) is 0 Å². The highest BCUT2D eigenvalue weighted by atomic mass is 16.4. The minimum atomic E-state index is -0.670. The molecule has 0 aliphatic heterocycles. The van der Waals surface area contributed by atoms with Crippen molar-refractivity contribution in [3.05, 3.63) is 0 Å². The molecule has 0 amide bonds. The Bertz CT molecular complexity index is 295. The molecule has 0 radical (unpaired) electrons. The van der Waals surface area contributed by atoms with Crippen LogP contribution in [0, 0.1) is 11.8 Å². The van der Waals surface area contributed by atoms with E-state index in [2.05, 4.69) is 6.92 Å². The van der Waals surface area contributed by atoms with Crippen LogP contribution >= 0.6 is 0 Å². The molecule has 1 unspecified atom stereocenters. The van der Waals surface area contributed by atoms with Gasteiger partial charge in [-0.3, -0.25) is 9.59 Å². The van der Waals surface area contributed by atoms with E-state index in [4.69, 9.17) is 10.2 Å². The van der Waals surface area contributed by atoms with Gasteiger partial charge in [0.05, 0.1) is 5.92 Å². The number of carboxylic acid groups (broad SMARTS) is 2. The molecular formula is C18H34O4. The van der Waals surface area contributed by atoms with Gasteiger partial charge in [0.2, 0.25) is 0 Å². The van der Waals surface area contributed by atoms with Crippen molar-refractivity contribution in [2.75, 3.05) is 0 Å². The number of unbranched alkanes of at least 4 members (excludes halogenated alkanes) is 4. The zero-order valence-corrected chi connectivity index (χ0v) is 14.4. The molecule has 1 aliphatic carbocycles. The van der Waals surface area contributed by atoms with Crippen LogP contribution in [0.3, 0.4) is 0 Å². The van der Waals surface area contributed by atoms with Crippen molar-refractivity contribution in [3.8, 4) is 0 Å². The van der Waals surface area contributed by atoms with Crippen LogP contribution in [-0.2, 0) is 9.59 Å². The highest BCUT2D eigenvalue weighted by molar-refractivity contribution is 5.70. The maximum Gasteiger partial charge on any atom is 0.306 e. The maximum absolute atomic E-state index is 10.8. The number of aliphatic carboxylic acids is 2. The summed E-state index contributed by atoms with van der Waals surface area (Å²) in [6.07, 6.45) is 12.7. The summed E-state index contributed by atoms with van der Waals surface area (Å²) in [5, 5.41) is 17.2. The lowest BCUT2D eigenvalue weighted by molar-refractivity contribution is -0.144. The highest BCUT2D eigenvalue weighted by Crippen LogP contribution is 2.31. The molecule has 1 aliphatic rings. The predicted molar refractivity (Wildman–Crippen MR) is 89.0 cm³/mol. The van der Waals surface area contributed by atoms with E-state index in [9.17, 15) is 9.59 Å². The summed E-state index contributed by atoms with van der Waals surface area (Å²) in [5.41, 5.74) is 0. The van der Waals surface area contributed by atoms with Crippen molar-refractivity contribution in [2.45, 2.75) is 90.9 Å². The summed E-state index contributed by atoms with van der Waals surface area (Å²) in [5.74, 6) is -0.882. The van der Waals surface area contributed by atoms with Crippen LogP contribution in [0.1, 0.15) is 90.9 Å². The van der Waals surface area contributed by atoms with E-state index in [1.807, 2.05) is 6.92 Å². The van der Waals surface area contributed by atoms with E-state index >= 15 is 0 Å². The van der Waals surface area contributed by atoms with E-state index < -0.39 is 11.9 Å². The average molecular weight is 314 g/mol. The first kappa shape index (κ1) is 20.9. The van der Waals surface area contributed by atoms with E-state index in [0.717, 1.165) is 32.1 Å². The van der Waals surface area contributed by atoms with E-state index in [0.29, 0.717) is 12.3 Å². The Balaban J connectivity index is 0.000000409. The van der Waals surface area contributed by atoms with Crippen LogP contribution in [0.15, 0.2) is 0 Å². The van der Waals surface area contributed by atoms with Gasteiger partial charge in [0, 0.05) is 6.42 Å². The lowest BCUT2D eigenvalue weighted by Gasteiger charge is -2.26. The fraction of sp³-hybridized carbons (Fsp3) is 0.889. The lowest BCUT2D eigenvalue weighted by atomic mass is 9.79. The summed E-state index contributed by atoms with van der Waals surface area (Å²) in [4.78, 5) is 20.9. The monoisotopic (exact) mass is 314 g/mol. The number of carboxylic acids is 2. The number of hydrogen-bond donors (Lipinski definition) is 2. The Labute approximate surface area is 135 Å². The largest absolute Gasteiger partial charge is 0.481 e. The fourth-order valence-corrected chi connectivity index (χ4v) is 3.13. The Morgan fingerprint density at radius 2 is 1.55 bits per heavy atom. The topological polar surface area (TPSA) is 74.6 Å². The molecule has 0 aromatic heterocycles. The summed E-state index contributed by atoms with van der Waals surface area (Å²) in [6, 6.07) is 0. The van der Waals surface area contributed by atoms with Crippen LogP contribution in [0.5, 0.6) is 0 Å². The molecule has 0 heterocycles. The van der Waals surface area contributed by atoms with Gasteiger partial charge in [0.1, 0.15) is 0 Å². The van der Waals surface area contributed by atoms with Gasteiger partial charge >= 0.3 is 11.9 Å². The molecular weight excluding hydrogens is 280 g/mol. The SMILES string of the molecule is CCC(C(=O)O)C1CCCCC1.CCCCCCCC(=O)O. The highest BCUT2D eigenvalue weighted by Gasteiger charge is 2.27. The quantitative estimate of drug-likeness (QED) is 0.580. The Morgan fingerprint density at radius 3 is 2.00 bits per heavy atom. The minimum absolute atomic E-state index is 0.0784. The van der Waals surface area contributed by atoms with Crippen LogP contribution < -0.4 is 0 Å². The van der Waals surface area contributed by atoms with Crippen molar-refractivity contribution in [1.29, 1.82) is 0 Å². The number of carbonyl (C=O) groups is 2.